The molecule has 0 fully saturated rings. The van der Waals surface area contributed by atoms with Crippen LogP contribution in [0, 0.1) is 0 Å². The van der Waals surface area contributed by atoms with Crippen molar-refractivity contribution >= 4 is 7.47 Å². The van der Waals surface area contributed by atoms with E-state index in [1.807, 2.05) is 0 Å². The number of rotatable bonds is 3. The summed E-state index contributed by atoms with van der Waals surface area (Å²) in [7, 11) is -2.95. The monoisotopic (exact) mass is 151 g/mol. The molecule has 0 bridgehead atoms. The van der Waals surface area contributed by atoms with E-state index in [-0.39, 0.29) is 0 Å². The molecular formula is BF2FeNO2. The maximum absolute atomic E-state index is 10.8. The Morgan fingerprint density at radius 1 is 1.57 bits per heavy atom. The molecule has 0 aromatic rings. The Kier molecular flexibility index (Phi) is 4.43. The van der Waals surface area contributed by atoms with E-state index in [2.05, 4.69) is 29.7 Å². The molecule has 0 aliphatic rings. The molecule has 0 N–H and O–H groups in total. The van der Waals surface area contributed by atoms with Gasteiger partial charge in [-0.1, -0.05) is 0 Å². The zero-order valence-corrected chi connectivity index (χ0v) is 4.05. The Morgan fingerprint density at radius 2 is 2.14 bits per heavy atom. The number of hydrogen-bond donors (Lipinski definition) is 0. The van der Waals surface area contributed by atoms with Gasteiger partial charge in [-0.2, -0.15) is 0 Å². The van der Waals surface area contributed by atoms with Crippen LogP contribution >= 0.6 is 0 Å². The maximum atomic E-state index is 10.8. The van der Waals surface area contributed by atoms with Crippen LogP contribution in [0.2, 0.25) is 0 Å². The van der Waals surface area contributed by atoms with Crippen LogP contribution in [0.25, 0.3) is 0 Å². The molecule has 0 aromatic heterocycles. The first-order chi connectivity index (χ1) is 3.27. The van der Waals surface area contributed by atoms with Crippen LogP contribution < -0.4 is 0 Å². The second kappa shape index (κ2) is 4.33. The molecule has 0 spiro atoms. The van der Waals surface area contributed by atoms with Crippen LogP contribution in [0.5, 0.6) is 0 Å². The predicted octanol–water partition coefficient (Wildman–Crippen LogP) is 0.504. The van der Waals surface area contributed by atoms with Crippen LogP contribution in [-0.4, -0.2) is 7.47 Å². The summed E-state index contributed by atoms with van der Waals surface area (Å²) in [6.07, 6.45) is 0. The van der Waals surface area contributed by atoms with E-state index in [9.17, 15) is 8.63 Å². The third-order valence-electron chi connectivity index (χ3n) is 0.142. The van der Waals surface area contributed by atoms with Gasteiger partial charge < -0.3 is 0 Å². The van der Waals surface area contributed by atoms with Crippen LogP contribution in [0.15, 0.2) is 4.13 Å². The molecule has 0 saturated carbocycles. The van der Waals surface area contributed by atoms with Gasteiger partial charge in [0.15, 0.2) is 0 Å². The molecule has 0 atom stereocenters. The third kappa shape index (κ3) is 6.16. The molecule has 3 nitrogen and oxygen atoms in total. The van der Waals surface area contributed by atoms with Crippen molar-refractivity contribution in [2.75, 3.05) is 0 Å². The van der Waals surface area contributed by atoms with Gasteiger partial charge in [-0.25, -0.2) is 0 Å². The second-order valence-electron chi connectivity index (χ2n) is 0.496. The Balaban J connectivity index is 2.81. The molecule has 0 amide bonds. The third-order valence-corrected chi connectivity index (χ3v) is 0.224. The zero-order chi connectivity index (χ0) is 5.70. The van der Waals surface area contributed by atoms with Gasteiger partial charge in [0.1, 0.15) is 0 Å². The van der Waals surface area contributed by atoms with E-state index in [1.165, 1.54) is 0 Å². The summed E-state index contributed by atoms with van der Waals surface area (Å²) in [4.78, 5) is 6.49. The van der Waals surface area contributed by atoms with Crippen LogP contribution in [0.1, 0.15) is 0 Å². The molecule has 0 aromatic carbocycles. The molecule has 0 saturated heterocycles. The van der Waals surface area contributed by atoms with Gasteiger partial charge in [0, 0.05) is 0 Å². The molecule has 42 valence electrons. The SMILES string of the molecule is FB(F)OO[N]=[Fe]. The van der Waals surface area contributed by atoms with Gasteiger partial charge >= 0.3 is 45.8 Å². The summed E-state index contributed by atoms with van der Waals surface area (Å²) in [6.45, 7) is 0. The molecule has 7 heavy (non-hydrogen) atoms. The molecule has 0 unspecified atom stereocenters. The van der Waals surface area contributed by atoms with Gasteiger partial charge in [0.2, 0.25) is 0 Å². The molecule has 0 radical (unpaired) electrons. The Hall–Kier alpha value is 0.164. The summed E-state index contributed by atoms with van der Waals surface area (Å²) < 4.78 is 24.1. The van der Waals surface area contributed by atoms with Crippen molar-refractivity contribution in [1.29, 1.82) is 0 Å². The van der Waals surface area contributed by atoms with Crippen LogP contribution in [0.4, 0.5) is 8.63 Å². The summed E-state index contributed by atoms with van der Waals surface area (Å²) >= 11 is 2.70. The fourth-order valence-corrected chi connectivity index (χ4v) is 0.0953. The standard InChI is InChI=1S/BF2NO2.Fe/c2-1(3)5-6-4;. The summed E-state index contributed by atoms with van der Waals surface area (Å²) in [5.74, 6) is 0. The van der Waals surface area contributed by atoms with Crippen LogP contribution in [-0.2, 0) is 25.6 Å². The summed E-state index contributed by atoms with van der Waals surface area (Å²) in [5.41, 5.74) is 0. The number of nitrogens with zero attached hydrogens (tertiary/aromatic N) is 1. The van der Waals surface area contributed by atoms with Crippen LogP contribution in [0.3, 0.4) is 0 Å². The topological polar surface area (TPSA) is 30.8 Å². The van der Waals surface area contributed by atoms with Gasteiger partial charge in [-0.3, -0.25) is 0 Å². The molecule has 0 aliphatic heterocycles. The minimum absolute atomic E-state index is 2.52. The van der Waals surface area contributed by atoms with E-state index in [0.29, 0.717) is 0 Å². The van der Waals surface area contributed by atoms with Crippen molar-refractivity contribution in [1.82, 2.24) is 0 Å². The number of halogens is 2. The summed E-state index contributed by atoms with van der Waals surface area (Å²) in [5, 5.41) is 0. The number of hydrogen-bond acceptors (Lipinski definition) is 3. The molecule has 0 rings (SSSR count). The Labute approximate surface area is 46.7 Å². The van der Waals surface area contributed by atoms with Gasteiger partial charge in [-0.05, 0) is 0 Å². The van der Waals surface area contributed by atoms with Gasteiger partial charge in [-0.15, -0.1) is 0 Å². The normalized spacial score (nSPS) is 8.43. The van der Waals surface area contributed by atoms with E-state index in [4.69, 9.17) is 0 Å². The zero-order valence-electron chi connectivity index (χ0n) is 2.95. The quantitative estimate of drug-likeness (QED) is 0.334. The van der Waals surface area contributed by atoms with Crippen molar-refractivity contribution in [2.45, 2.75) is 0 Å². The van der Waals surface area contributed by atoms with Crippen molar-refractivity contribution in [2.24, 2.45) is 4.13 Å². The van der Waals surface area contributed by atoms with Gasteiger partial charge in [0.05, 0.1) is 0 Å². The average Bonchev–Trinajstić information content (AvgIpc) is 1.61. The van der Waals surface area contributed by atoms with Crippen molar-refractivity contribution < 1.29 is 34.2 Å². The van der Waals surface area contributed by atoms with Crippen molar-refractivity contribution in [3.63, 3.8) is 0 Å². The van der Waals surface area contributed by atoms with Crippen molar-refractivity contribution in [3.05, 3.63) is 0 Å². The van der Waals surface area contributed by atoms with E-state index in [0.717, 1.165) is 0 Å². The van der Waals surface area contributed by atoms with E-state index >= 15 is 0 Å². The Bertz CT molecular complexity index is 59.7. The fraction of sp³-hybridized carbons (Fsp3) is 0. The Morgan fingerprint density at radius 3 is 2.29 bits per heavy atom. The molecule has 0 aliphatic carbocycles. The van der Waals surface area contributed by atoms with E-state index < -0.39 is 7.47 Å². The van der Waals surface area contributed by atoms with E-state index in [1.54, 1.807) is 0 Å². The van der Waals surface area contributed by atoms with Gasteiger partial charge in [0.25, 0.3) is 0 Å². The molecule has 7 heteroatoms. The average molecular weight is 151 g/mol. The first kappa shape index (κ1) is 7.16. The molecule has 0 heterocycles. The second-order valence-corrected chi connectivity index (χ2v) is 0.698. The first-order valence-electron chi connectivity index (χ1n) is 1.18. The summed E-state index contributed by atoms with van der Waals surface area (Å²) in [6, 6.07) is 0. The molecular weight excluding hydrogens is 151 g/mol. The minimum atomic E-state index is -2.95. The predicted molar refractivity (Wildman–Crippen MR) is 12.6 cm³/mol. The van der Waals surface area contributed by atoms with Crippen molar-refractivity contribution in [3.8, 4) is 0 Å². The fourth-order valence-electron chi connectivity index (χ4n) is 0.0477. The first-order valence-corrected chi connectivity index (χ1v) is 1.67.